The third kappa shape index (κ3) is 5.58. The molecule has 11 heteroatoms. The minimum Gasteiger partial charge on any atom is -0.493 e. The van der Waals surface area contributed by atoms with E-state index in [0.29, 0.717) is 16.9 Å². The Morgan fingerprint density at radius 3 is 1.80 bits per heavy atom. The molecule has 4 aromatic carbocycles. The van der Waals surface area contributed by atoms with Gasteiger partial charge in [-0.25, -0.2) is 4.39 Å². The molecule has 206 valence electrons. The summed E-state index contributed by atoms with van der Waals surface area (Å²) >= 11 is 5.61. The number of hydrogen-bond acceptors (Lipinski definition) is 7. The molecule has 0 atom stereocenters. The van der Waals surface area contributed by atoms with Gasteiger partial charge in [-0.15, -0.1) is 0 Å². The Morgan fingerprint density at radius 1 is 0.756 bits per heavy atom. The molecule has 0 N–H and O–H groups in total. The quantitative estimate of drug-likeness (QED) is 0.124. The van der Waals surface area contributed by atoms with Crippen LogP contribution in [0.1, 0.15) is 5.56 Å². The molecule has 1 saturated heterocycles. The van der Waals surface area contributed by atoms with Crippen LogP contribution in [0.4, 0.5) is 15.8 Å². The largest absolute Gasteiger partial charge is 0.493 e. The third-order valence-electron chi connectivity index (χ3n) is 6.08. The van der Waals surface area contributed by atoms with Crippen LogP contribution in [0.3, 0.4) is 0 Å². The first-order valence-corrected chi connectivity index (χ1v) is 13.9. The Balaban J connectivity index is 1.54. The van der Waals surface area contributed by atoms with Gasteiger partial charge in [0.1, 0.15) is 16.3 Å². The fourth-order valence-corrected chi connectivity index (χ4v) is 5.43. The molecule has 0 aliphatic carbocycles. The molecular weight excluding hydrogens is 567 g/mol. The van der Waals surface area contributed by atoms with E-state index >= 15 is 0 Å². The van der Waals surface area contributed by atoms with E-state index in [4.69, 9.17) is 21.1 Å². The predicted octanol–water partition coefficient (Wildman–Crippen LogP) is 5.35. The normalized spacial score (nSPS) is 13.8. The maximum atomic E-state index is 13.7. The molecule has 0 bridgehead atoms. The van der Waals surface area contributed by atoms with E-state index in [2.05, 4.69) is 0 Å². The van der Waals surface area contributed by atoms with Crippen molar-refractivity contribution in [3.63, 3.8) is 0 Å². The van der Waals surface area contributed by atoms with Crippen molar-refractivity contribution >= 4 is 56.7 Å². The van der Waals surface area contributed by atoms with Gasteiger partial charge in [-0.3, -0.25) is 19.4 Å². The molecule has 1 aliphatic rings. The zero-order chi connectivity index (χ0) is 29.1. The van der Waals surface area contributed by atoms with Crippen LogP contribution in [-0.2, 0) is 19.7 Å². The van der Waals surface area contributed by atoms with E-state index in [-0.39, 0.29) is 27.1 Å². The minimum absolute atomic E-state index is 0.00174. The Kier molecular flexibility index (Phi) is 7.64. The molecular formula is C30H21FN2O6S2. The second kappa shape index (κ2) is 11.3. The second-order valence-electron chi connectivity index (χ2n) is 8.69. The molecule has 0 saturated carbocycles. The molecule has 0 unspecified atom stereocenters. The first kappa shape index (κ1) is 27.7. The fraction of sp³-hybridized carbons (Fsp3) is 0.0333. The Labute approximate surface area is 241 Å². The first-order chi connectivity index (χ1) is 19.7. The lowest BCUT2D eigenvalue weighted by atomic mass is 10.0. The first-order valence-electron chi connectivity index (χ1n) is 12.1. The average molecular weight is 589 g/mol. The van der Waals surface area contributed by atoms with Crippen LogP contribution in [0.25, 0.3) is 6.08 Å². The smallest absolute Gasteiger partial charge is 0.339 e. The fourth-order valence-electron chi connectivity index (χ4n) is 4.12. The number of benzene rings is 4. The standard InChI is InChI=1S/C30H21FN2O6S2/c1-38-27-19-20(12-17-26(27)39-41(36,37)24-15-13-21(31)14-16-24)18-25-28(34)32(22-8-4-2-5-9-22)30(40)33(29(25)35)23-10-6-3-7-11-23/h2-19H,1H3. The molecule has 8 nitrogen and oxygen atoms in total. The van der Waals surface area contributed by atoms with Crippen molar-refractivity contribution < 1.29 is 31.3 Å². The van der Waals surface area contributed by atoms with Crippen LogP contribution in [0, 0.1) is 5.82 Å². The zero-order valence-corrected chi connectivity index (χ0v) is 23.1. The number of ether oxygens (including phenoxy) is 1. The van der Waals surface area contributed by atoms with Gasteiger partial charge in [-0.05, 0) is 84.5 Å². The molecule has 0 aromatic heterocycles. The topological polar surface area (TPSA) is 93.2 Å². The lowest BCUT2D eigenvalue weighted by Gasteiger charge is -2.36. The van der Waals surface area contributed by atoms with Crippen molar-refractivity contribution in [1.29, 1.82) is 0 Å². The number of amides is 2. The maximum Gasteiger partial charge on any atom is 0.339 e. The summed E-state index contributed by atoms with van der Waals surface area (Å²) in [6.07, 6.45) is 1.37. The molecule has 2 amide bonds. The van der Waals surface area contributed by atoms with Crippen LogP contribution in [0.15, 0.2) is 114 Å². The van der Waals surface area contributed by atoms with Crippen molar-refractivity contribution in [2.75, 3.05) is 16.9 Å². The van der Waals surface area contributed by atoms with Gasteiger partial charge in [0, 0.05) is 0 Å². The van der Waals surface area contributed by atoms with Gasteiger partial charge in [0.25, 0.3) is 11.8 Å². The van der Waals surface area contributed by atoms with E-state index in [0.717, 1.165) is 24.3 Å². The molecule has 0 radical (unpaired) electrons. The predicted molar refractivity (Wildman–Crippen MR) is 156 cm³/mol. The van der Waals surface area contributed by atoms with Gasteiger partial charge in [0.2, 0.25) is 0 Å². The molecule has 41 heavy (non-hydrogen) atoms. The van der Waals surface area contributed by atoms with Gasteiger partial charge in [-0.1, -0.05) is 42.5 Å². The summed E-state index contributed by atoms with van der Waals surface area (Å²) < 4.78 is 49.3. The number of para-hydroxylation sites is 2. The monoisotopic (exact) mass is 588 g/mol. The maximum absolute atomic E-state index is 13.7. The highest BCUT2D eigenvalue weighted by atomic mass is 32.2. The number of nitrogens with zero attached hydrogens (tertiary/aromatic N) is 2. The van der Waals surface area contributed by atoms with E-state index < -0.39 is 27.7 Å². The number of carbonyl (C=O) groups is 2. The van der Waals surface area contributed by atoms with Crippen molar-refractivity contribution in [3.05, 3.63) is 120 Å². The second-order valence-corrected chi connectivity index (χ2v) is 10.6. The molecule has 1 fully saturated rings. The summed E-state index contributed by atoms with van der Waals surface area (Å²) in [5.74, 6) is -1.97. The number of methoxy groups -OCH3 is 1. The number of carbonyl (C=O) groups excluding carboxylic acids is 2. The summed E-state index contributed by atoms with van der Waals surface area (Å²) in [6, 6.07) is 25.8. The SMILES string of the molecule is COc1cc(C=C2C(=O)N(c3ccccc3)C(=S)N(c3ccccc3)C2=O)ccc1OS(=O)(=O)c1ccc(F)cc1. The highest BCUT2D eigenvalue weighted by Crippen LogP contribution is 2.34. The van der Waals surface area contributed by atoms with Crippen LogP contribution in [-0.4, -0.2) is 32.5 Å². The van der Waals surface area contributed by atoms with Crippen LogP contribution >= 0.6 is 12.2 Å². The van der Waals surface area contributed by atoms with Crippen LogP contribution < -0.4 is 18.7 Å². The summed E-state index contributed by atoms with van der Waals surface area (Å²) in [7, 11) is -2.99. The number of thiocarbonyl (C=S) groups is 1. The van der Waals surface area contributed by atoms with Gasteiger partial charge >= 0.3 is 10.1 Å². The van der Waals surface area contributed by atoms with Crippen molar-refractivity contribution in [2.45, 2.75) is 4.90 Å². The molecule has 4 aromatic rings. The molecule has 0 spiro atoms. The van der Waals surface area contributed by atoms with E-state index in [9.17, 15) is 22.4 Å². The highest BCUT2D eigenvalue weighted by molar-refractivity contribution is 7.87. The summed E-state index contributed by atoms with van der Waals surface area (Å²) in [4.78, 5) is 29.7. The number of halogens is 1. The highest BCUT2D eigenvalue weighted by Gasteiger charge is 2.41. The number of anilines is 2. The van der Waals surface area contributed by atoms with Crippen molar-refractivity contribution in [2.24, 2.45) is 0 Å². The van der Waals surface area contributed by atoms with Gasteiger partial charge in [0.15, 0.2) is 16.6 Å². The van der Waals surface area contributed by atoms with Crippen LogP contribution in [0.2, 0.25) is 0 Å². The summed E-state index contributed by atoms with van der Waals surface area (Å²) in [5.41, 5.74) is 1.14. The number of hydrogen-bond donors (Lipinski definition) is 0. The van der Waals surface area contributed by atoms with E-state index in [1.54, 1.807) is 60.7 Å². The Bertz CT molecular complexity index is 1710. The molecule has 5 rings (SSSR count). The van der Waals surface area contributed by atoms with Crippen LogP contribution in [0.5, 0.6) is 11.5 Å². The lowest BCUT2D eigenvalue weighted by molar-refractivity contribution is -0.120. The third-order valence-corrected chi connectivity index (χ3v) is 7.69. The van der Waals surface area contributed by atoms with Gasteiger partial charge < -0.3 is 8.92 Å². The molecule has 1 heterocycles. The summed E-state index contributed by atoms with van der Waals surface area (Å²) in [6.45, 7) is 0. The van der Waals surface area contributed by atoms with Crippen molar-refractivity contribution in [3.8, 4) is 11.5 Å². The zero-order valence-electron chi connectivity index (χ0n) is 21.4. The van der Waals surface area contributed by atoms with Gasteiger partial charge in [0.05, 0.1) is 18.5 Å². The van der Waals surface area contributed by atoms with E-state index in [1.165, 1.54) is 41.2 Å². The average Bonchev–Trinajstić information content (AvgIpc) is 2.97. The van der Waals surface area contributed by atoms with Gasteiger partial charge in [-0.2, -0.15) is 8.42 Å². The lowest BCUT2D eigenvalue weighted by Crippen LogP contribution is -2.56. The minimum atomic E-state index is -4.30. The van der Waals surface area contributed by atoms with Crippen molar-refractivity contribution in [1.82, 2.24) is 0 Å². The summed E-state index contributed by atoms with van der Waals surface area (Å²) in [5, 5.41) is 0.00174. The molecule has 1 aliphatic heterocycles. The Morgan fingerprint density at radius 2 is 1.29 bits per heavy atom. The van der Waals surface area contributed by atoms with E-state index in [1.807, 2.05) is 0 Å². The number of rotatable bonds is 7. The Hall–Kier alpha value is -4.87.